The predicted octanol–water partition coefficient (Wildman–Crippen LogP) is 1.10. The highest BCUT2D eigenvalue weighted by atomic mass is 32.2. The molecule has 118 valence electrons. The zero-order chi connectivity index (χ0) is 14.9. The Hall–Kier alpha value is -0.700. The van der Waals surface area contributed by atoms with Crippen molar-refractivity contribution < 1.29 is 8.42 Å². The monoisotopic (exact) mass is 330 g/mol. The van der Waals surface area contributed by atoms with Crippen molar-refractivity contribution in [2.75, 3.05) is 37.6 Å². The molecule has 2 saturated heterocycles. The van der Waals surface area contributed by atoms with Crippen LogP contribution in [0.3, 0.4) is 0 Å². The van der Waals surface area contributed by atoms with E-state index in [1.807, 2.05) is 0 Å². The van der Waals surface area contributed by atoms with Gasteiger partial charge >= 0.3 is 0 Å². The van der Waals surface area contributed by atoms with Gasteiger partial charge in [-0.05, 0) is 44.7 Å². The highest BCUT2D eigenvalue weighted by Gasteiger charge is 2.25. The van der Waals surface area contributed by atoms with E-state index in [-0.39, 0.29) is 4.21 Å². The normalized spacial score (nSPS) is 22.0. The Kier molecular flexibility index (Phi) is 4.49. The number of nitrogens with zero attached hydrogens (tertiary/aromatic N) is 3. The van der Waals surface area contributed by atoms with Gasteiger partial charge in [0.05, 0.1) is 6.20 Å². The van der Waals surface area contributed by atoms with Crippen LogP contribution < -0.4 is 10.0 Å². The van der Waals surface area contributed by atoms with E-state index in [0.717, 1.165) is 37.0 Å². The first-order chi connectivity index (χ1) is 10.0. The van der Waals surface area contributed by atoms with Crippen LogP contribution >= 0.6 is 11.3 Å². The van der Waals surface area contributed by atoms with E-state index in [4.69, 9.17) is 5.14 Å². The molecule has 0 bridgehead atoms. The number of nitrogens with two attached hydrogens (primary N) is 1. The van der Waals surface area contributed by atoms with Gasteiger partial charge in [-0.15, -0.1) is 0 Å². The quantitative estimate of drug-likeness (QED) is 0.894. The van der Waals surface area contributed by atoms with Gasteiger partial charge in [-0.25, -0.2) is 18.5 Å². The standard InChI is InChI=1S/C13H22N4O2S2/c14-21(18,19)12-9-15-13(20-12)17-7-3-11(4-8-17)10-16-5-1-2-6-16/h9,11H,1-8,10H2,(H2,14,18,19). The third-order valence-electron chi connectivity index (χ3n) is 4.35. The van der Waals surface area contributed by atoms with E-state index >= 15 is 0 Å². The summed E-state index contributed by atoms with van der Waals surface area (Å²) in [6, 6.07) is 0. The van der Waals surface area contributed by atoms with Crippen LogP contribution in [0.25, 0.3) is 0 Å². The second-order valence-corrected chi connectivity index (χ2v) is 8.74. The first-order valence-electron chi connectivity index (χ1n) is 7.48. The Morgan fingerprint density at radius 2 is 1.90 bits per heavy atom. The molecule has 3 heterocycles. The number of rotatable bonds is 4. The number of likely N-dealkylation sites (tertiary alicyclic amines) is 1. The summed E-state index contributed by atoms with van der Waals surface area (Å²) < 4.78 is 22.7. The fraction of sp³-hybridized carbons (Fsp3) is 0.769. The van der Waals surface area contributed by atoms with Crippen LogP contribution in [0.5, 0.6) is 0 Å². The van der Waals surface area contributed by atoms with Gasteiger partial charge in [0, 0.05) is 19.6 Å². The molecular weight excluding hydrogens is 308 g/mol. The molecular formula is C13H22N4O2S2. The number of piperidine rings is 1. The molecule has 2 N–H and O–H groups in total. The lowest BCUT2D eigenvalue weighted by atomic mass is 9.96. The van der Waals surface area contributed by atoms with Crippen LogP contribution in [0.1, 0.15) is 25.7 Å². The largest absolute Gasteiger partial charge is 0.348 e. The fourth-order valence-electron chi connectivity index (χ4n) is 3.17. The van der Waals surface area contributed by atoms with Crippen LogP contribution in [0.15, 0.2) is 10.4 Å². The molecule has 0 unspecified atom stereocenters. The molecule has 2 aliphatic rings. The first kappa shape index (κ1) is 15.2. The molecule has 0 aromatic carbocycles. The van der Waals surface area contributed by atoms with Crippen molar-refractivity contribution in [3.8, 4) is 0 Å². The number of hydrogen-bond acceptors (Lipinski definition) is 6. The third kappa shape index (κ3) is 3.74. The van der Waals surface area contributed by atoms with Gasteiger partial charge in [-0.1, -0.05) is 11.3 Å². The molecule has 0 saturated carbocycles. The first-order valence-corrected chi connectivity index (χ1v) is 9.84. The molecule has 1 aromatic heterocycles. The Morgan fingerprint density at radius 1 is 1.24 bits per heavy atom. The summed E-state index contributed by atoms with van der Waals surface area (Å²) in [4.78, 5) is 8.96. The molecule has 1 aromatic rings. The second kappa shape index (κ2) is 6.20. The van der Waals surface area contributed by atoms with Gasteiger partial charge in [0.25, 0.3) is 0 Å². The highest BCUT2D eigenvalue weighted by Crippen LogP contribution is 2.29. The van der Waals surface area contributed by atoms with Crippen molar-refractivity contribution in [3.05, 3.63) is 6.20 Å². The van der Waals surface area contributed by atoms with Crippen LogP contribution in [-0.2, 0) is 10.0 Å². The minimum absolute atomic E-state index is 0.150. The van der Waals surface area contributed by atoms with Crippen molar-refractivity contribution >= 4 is 26.5 Å². The molecule has 3 rings (SSSR count). The fourth-order valence-corrected chi connectivity index (χ4v) is 4.76. The van der Waals surface area contributed by atoms with E-state index in [1.54, 1.807) is 0 Å². The van der Waals surface area contributed by atoms with E-state index in [0.29, 0.717) is 0 Å². The molecule has 2 fully saturated rings. The van der Waals surface area contributed by atoms with Crippen molar-refractivity contribution in [1.29, 1.82) is 0 Å². The third-order valence-corrected chi connectivity index (χ3v) is 6.82. The summed E-state index contributed by atoms with van der Waals surface area (Å²) >= 11 is 1.17. The van der Waals surface area contributed by atoms with Crippen LogP contribution in [-0.4, -0.2) is 51.0 Å². The van der Waals surface area contributed by atoms with Gasteiger partial charge < -0.3 is 9.80 Å². The number of thiazole rings is 1. The van der Waals surface area contributed by atoms with Crippen LogP contribution in [0.4, 0.5) is 5.13 Å². The maximum absolute atomic E-state index is 11.3. The van der Waals surface area contributed by atoms with Gasteiger partial charge in [0.1, 0.15) is 0 Å². The van der Waals surface area contributed by atoms with Crippen molar-refractivity contribution in [2.45, 2.75) is 29.9 Å². The van der Waals surface area contributed by atoms with Crippen molar-refractivity contribution in [3.63, 3.8) is 0 Å². The summed E-state index contributed by atoms with van der Waals surface area (Å²) in [6.07, 6.45) is 6.36. The number of hydrogen-bond donors (Lipinski definition) is 1. The summed E-state index contributed by atoms with van der Waals surface area (Å²) in [5.41, 5.74) is 0. The average molecular weight is 330 g/mol. The average Bonchev–Trinajstić information content (AvgIpc) is 3.09. The molecule has 0 radical (unpaired) electrons. The number of anilines is 1. The van der Waals surface area contributed by atoms with E-state index < -0.39 is 10.0 Å². The lowest BCUT2D eigenvalue weighted by Crippen LogP contribution is -2.38. The smallest absolute Gasteiger partial charge is 0.249 e. The molecule has 2 aliphatic heterocycles. The SMILES string of the molecule is NS(=O)(=O)c1cnc(N2CCC(CN3CCCC3)CC2)s1. The minimum atomic E-state index is -3.62. The van der Waals surface area contributed by atoms with Gasteiger partial charge in [0.15, 0.2) is 9.34 Å². The zero-order valence-electron chi connectivity index (χ0n) is 12.1. The van der Waals surface area contributed by atoms with E-state index in [1.165, 1.54) is 50.0 Å². The number of aromatic nitrogens is 1. The highest BCUT2D eigenvalue weighted by molar-refractivity contribution is 7.91. The summed E-state index contributed by atoms with van der Waals surface area (Å²) in [5.74, 6) is 0.761. The molecule has 0 aliphatic carbocycles. The van der Waals surface area contributed by atoms with Crippen molar-refractivity contribution in [1.82, 2.24) is 9.88 Å². The van der Waals surface area contributed by atoms with Crippen LogP contribution in [0, 0.1) is 5.92 Å². The Bertz CT molecular complexity index is 573. The second-order valence-electron chi connectivity index (χ2n) is 5.95. The number of sulfonamides is 1. The molecule has 0 atom stereocenters. The Balaban J connectivity index is 1.54. The van der Waals surface area contributed by atoms with E-state index in [9.17, 15) is 8.42 Å². The Labute approximate surface area is 130 Å². The molecule has 6 nitrogen and oxygen atoms in total. The van der Waals surface area contributed by atoms with Crippen LogP contribution in [0.2, 0.25) is 0 Å². The Morgan fingerprint density at radius 3 is 2.48 bits per heavy atom. The summed E-state index contributed by atoms with van der Waals surface area (Å²) in [7, 11) is -3.62. The van der Waals surface area contributed by atoms with Crippen molar-refractivity contribution in [2.24, 2.45) is 11.1 Å². The summed E-state index contributed by atoms with van der Waals surface area (Å²) in [5, 5.41) is 5.91. The maximum atomic E-state index is 11.3. The number of primary sulfonamides is 1. The van der Waals surface area contributed by atoms with Gasteiger partial charge in [-0.3, -0.25) is 0 Å². The van der Waals surface area contributed by atoms with E-state index in [2.05, 4.69) is 14.8 Å². The lowest BCUT2D eigenvalue weighted by molar-refractivity contribution is 0.249. The lowest BCUT2D eigenvalue weighted by Gasteiger charge is -2.33. The molecule has 21 heavy (non-hydrogen) atoms. The van der Waals surface area contributed by atoms with Gasteiger partial charge in [0.2, 0.25) is 10.0 Å². The minimum Gasteiger partial charge on any atom is -0.348 e. The molecule has 0 spiro atoms. The predicted molar refractivity (Wildman–Crippen MR) is 84.1 cm³/mol. The zero-order valence-corrected chi connectivity index (χ0v) is 13.7. The molecule has 8 heteroatoms. The summed E-state index contributed by atoms with van der Waals surface area (Å²) in [6.45, 7) is 5.63. The maximum Gasteiger partial charge on any atom is 0.249 e. The topological polar surface area (TPSA) is 79.5 Å². The molecule has 0 amide bonds. The van der Waals surface area contributed by atoms with Gasteiger partial charge in [-0.2, -0.15) is 0 Å².